The highest BCUT2D eigenvalue weighted by atomic mass is 16.5. The molecule has 0 saturated heterocycles. The lowest BCUT2D eigenvalue weighted by molar-refractivity contribution is 0.0910. The standard InChI is InChI=1S/C19H22N2O3/c1-11-7-14-15(9-19(2,3)10-16(14)22)21(11)12-5-6-13(18(20)23)17(8-12)24-4/h5-8H,9-10H2,1-4H3,(H2,20,23). The van der Waals surface area contributed by atoms with Crippen molar-refractivity contribution in [3.8, 4) is 11.4 Å². The highest BCUT2D eigenvalue weighted by molar-refractivity contribution is 5.99. The van der Waals surface area contributed by atoms with E-state index in [-0.39, 0.29) is 11.2 Å². The number of benzene rings is 1. The molecular weight excluding hydrogens is 304 g/mol. The Kier molecular flexibility index (Phi) is 3.74. The summed E-state index contributed by atoms with van der Waals surface area (Å²) in [4.78, 5) is 24.0. The Morgan fingerprint density at radius 2 is 1.96 bits per heavy atom. The Balaban J connectivity index is 2.18. The average molecular weight is 326 g/mol. The van der Waals surface area contributed by atoms with E-state index in [1.54, 1.807) is 12.1 Å². The molecule has 0 atom stereocenters. The zero-order chi connectivity index (χ0) is 17.6. The van der Waals surface area contributed by atoms with Crippen LogP contribution in [0.15, 0.2) is 24.3 Å². The van der Waals surface area contributed by atoms with E-state index in [2.05, 4.69) is 18.4 Å². The maximum atomic E-state index is 12.5. The minimum Gasteiger partial charge on any atom is -0.496 e. The molecule has 1 aliphatic carbocycles. The van der Waals surface area contributed by atoms with Crippen LogP contribution in [-0.2, 0) is 6.42 Å². The number of rotatable bonds is 3. The summed E-state index contributed by atoms with van der Waals surface area (Å²) < 4.78 is 7.38. The number of primary amides is 1. The minimum atomic E-state index is -0.527. The predicted octanol–water partition coefficient (Wildman–Crippen LogP) is 3.05. The van der Waals surface area contributed by atoms with Gasteiger partial charge in [-0.15, -0.1) is 0 Å². The van der Waals surface area contributed by atoms with Crippen LogP contribution in [0.25, 0.3) is 5.69 Å². The van der Waals surface area contributed by atoms with E-state index in [1.807, 2.05) is 19.1 Å². The minimum absolute atomic E-state index is 0.0656. The number of carbonyl (C=O) groups is 2. The smallest absolute Gasteiger partial charge is 0.252 e. The number of hydrogen-bond donors (Lipinski definition) is 1. The molecule has 2 N–H and O–H groups in total. The quantitative estimate of drug-likeness (QED) is 0.942. The number of nitrogens with zero attached hydrogens (tertiary/aromatic N) is 1. The molecule has 1 amide bonds. The number of ketones is 1. The first kappa shape index (κ1) is 16.3. The normalized spacial score (nSPS) is 15.9. The molecule has 0 spiro atoms. The number of carbonyl (C=O) groups excluding carboxylic acids is 2. The van der Waals surface area contributed by atoms with E-state index >= 15 is 0 Å². The van der Waals surface area contributed by atoms with Crippen molar-refractivity contribution in [2.45, 2.75) is 33.6 Å². The van der Waals surface area contributed by atoms with Crippen LogP contribution in [0.4, 0.5) is 0 Å². The lowest BCUT2D eigenvalue weighted by Crippen LogP contribution is -2.27. The number of aromatic nitrogens is 1. The number of fused-ring (bicyclic) bond motifs is 1. The van der Waals surface area contributed by atoms with Gasteiger partial charge in [-0.1, -0.05) is 13.8 Å². The summed E-state index contributed by atoms with van der Waals surface area (Å²) in [7, 11) is 1.51. The lowest BCUT2D eigenvalue weighted by atomic mass is 9.76. The van der Waals surface area contributed by atoms with Crippen molar-refractivity contribution >= 4 is 11.7 Å². The lowest BCUT2D eigenvalue weighted by Gasteiger charge is -2.30. The van der Waals surface area contributed by atoms with Crippen LogP contribution < -0.4 is 10.5 Å². The maximum Gasteiger partial charge on any atom is 0.252 e. The second kappa shape index (κ2) is 5.51. The molecule has 0 saturated carbocycles. The Bertz CT molecular complexity index is 847. The molecule has 24 heavy (non-hydrogen) atoms. The van der Waals surface area contributed by atoms with Crippen molar-refractivity contribution in [3.05, 3.63) is 46.8 Å². The van der Waals surface area contributed by atoms with Crippen molar-refractivity contribution in [1.82, 2.24) is 4.57 Å². The van der Waals surface area contributed by atoms with Gasteiger partial charge in [-0.2, -0.15) is 0 Å². The molecule has 0 unspecified atom stereocenters. The molecule has 0 fully saturated rings. The van der Waals surface area contributed by atoms with Crippen LogP contribution in [0.5, 0.6) is 5.75 Å². The number of Topliss-reactive ketones (excluding diaryl/α,β-unsaturated/α-hetero) is 1. The van der Waals surface area contributed by atoms with Gasteiger partial charge in [-0.25, -0.2) is 0 Å². The molecular formula is C19H22N2O3. The van der Waals surface area contributed by atoms with Gasteiger partial charge in [0, 0.05) is 35.1 Å². The molecule has 2 aromatic rings. The number of nitrogens with two attached hydrogens (primary N) is 1. The molecule has 3 rings (SSSR count). The van der Waals surface area contributed by atoms with E-state index in [4.69, 9.17) is 10.5 Å². The maximum absolute atomic E-state index is 12.5. The van der Waals surface area contributed by atoms with Gasteiger partial charge < -0.3 is 15.0 Å². The zero-order valence-corrected chi connectivity index (χ0v) is 14.5. The third-order valence-corrected chi connectivity index (χ3v) is 4.58. The van der Waals surface area contributed by atoms with Crippen molar-refractivity contribution in [2.75, 3.05) is 7.11 Å². The second-order valence-electron chi connectivity index (χ2n) is 7.17. The predicted molar refractivity (Wildman–Crippen MR) is 92.0 cm³/mol. The molecule has 5 heteroatoms. The van der Waals surface area contributed by atoms with Crippen LogP contribution in [0.1, 0.15) is 52.4 Å². The average Bonchev–Trinajstić information content (AvgIpc) is 2.81. The fourth-order valence-corrected chi connectivity index (χ4v) is 3.53. The fourth-order valence-electron chi connectivity index (χ4n) is 3.53. The molecule has 0 radical (unpaired) electrons. The third-order valence-electron chi connectivity index (χ3n) is 4.58. The highest BCUT2D eigenvalue weighted by Crippen LogP contribution is 2.38. The van der Waals surface area contributed by atoms with Crippen LogP contribution in [0, 0.1) is 12.3 Å². The topological polar surface area (TPSA) is 74.3 Å². The summed E-state index contributed by atoms with van der Waals surface area (Å²) >= 11 is 0. The molecule has 1 heterocycles. The number of amides is 1. The van der Waals surface area contributed by atoms with E-state index in [0.717, 1.165) is 29.1 Å². The monoisotopic (exact) mass is 326 g/mol. The Morgan fingerprint density at radius 3 is 2.58 bits per heavy atom. The largest absolute Gasteiger partial charge is 0.496 e. The molecule has 5 nitrogen and oxygen atoms in total. The molecule has 126 valence electrons. The van der Waals surface area contributed by atoms with Gasteiger partial charge in [0.25, 0.3) is 5.91 Å². The van der Waals surface area contributed by atoms with Crippen LogP contribution in [0.3, 0.4) is 0 Å². The summed E-state index contributed by atoms with van der Waals surface area (Å²) in [6.45, 7) is 6.20. The first-order valence-corrected chi connectivity index (χ1v) is 7.96. The molecule has 1 aromatic carbocycles. The highest BCUT2D eigenvalue weighted by Gasteiger charge is 2.34. The number of ether oxygens (including phenoxy) is 1. The van der Waals surface area contributed by atoms with E-state index in [0.29, 0.717) is 17.7 Å². The van der Waals surface area contributed by atoms with Gasteiger partial charge in [-0.05, 0) is 37.0 Å². The van der Waals surface area contributed by atoms with Gasteiger partial charge in [0.15, 0.2) is 5.78 Å². The van der Waals surface area contributed by atoms with E-state index in [1.165, 1.54) is 7.11 Å². The van der Waals surface area contributed by atoms with Gasteiger partial charge >= 0.3 is 0 Å². The summed E-state index contributed by atoms with van der Waals surface area (Å²) in [6, 6.07) is 7.24. The summed E-state index contributed by atoms with van der Waals surface area (Å²) in [6.07, 6.45) is 1.38. The summed E-state index contributed by atoms with van der Waals surface area (Å²) in [5.74, 6) is 0.0908. The first-order valence-electron chi connectivity index (χ1n) is 7.96. The van der Waals surface area contributed by atoms with Crippen LogP contribution in [0.2, 0.25) is 0 Å². The zero-order valence-electron chi connectivity index (χ0n) is 14.5. The van der Waals surface area contributed by atoms with E-state index < -0.39 is 5.91 Å². The van der Waals surface area contributed by atoms with Crippen molar-refractivity contribution in [3.63, 3.8) is 0 Å². The Hall–Kier alpha value is -2.56. The molecule has 1 aromatic heterocycles. The van der Waals surface area contributed by atoms with Gasteiger partial charge in [0.2, 0.25) is 0 Å². The Labute approximate surface area is 141 Å². The summed E-state index contributed by atoms with van der Waals surface area (Å²) in [5.41, 5.74) is 9.32. The second-order valence-corrected chi connectivity index (χ2v) is 7.17. The van der Waals surface area contributed by atoms with Crippen molar-refractivity contribution < 1.29 is 14.3 Å². The molecule has 0 bridgehead atoms. The Morgan fingerprint density at radius 1 is 1.25 bits per heavy atom. The number of aryl methyl sites for hydroxylation is 1. The van der Waals surface area contributed by atoms with Gasteiger partial charge in [0.1, 0.15) is 5.75 Å². The molecule has 1 aliphatic rings. The first-order chi connectivity index (χ1) is 11.2. The fraction of sp³-hybridized carbons (Fsp3) is 0.368. The molecule has 0 aliphatic heterocycles. The number of methoxy groups -OCH3 is 1. The van der Waals surface area contributed by atoms with Crippen LogP contribution in [-0.4, -0.2) is 23.4 Å². The van der Waals surface area contributed by atoms with Gasteiger partial charge in [-0.3, -0.25) is 9.59 Å². The van der Waals surface area contributed by atoms with Crippen molar-refractivity contribution in [2.24, 2.45) is 11.1 Å². The summed E-state index contributed by atoms with van der Waals surface area (Å²) in [5, 5.41) is 0. The number of hydrogen-bond acceptors (Lipinski definition) is 3. The van der Waals surface area contributed by atoms with Crippen molar-refractivity contribution in [1.29, 1.82) is 0 Å². The van der Waals surface area contributed by atoms with Gasteiger partial charge in [0.05, 0.1) is 12.7 Å². The van der Waals surface area contributed by atoms with Crippen LogP contribution >= 0.6 is 0 Å². The SMILES string of the molecule is COc1cc(-n2c(C)cc3c2CC(C)(C)CC3=O)ccc1C(N)=O. The van der Waals surface area contributed by atoms with E-state index in [9.17, 15) is 9.59 Å². The third kappa shape index (κ3) is 2.60.